The second-order valence-electron chi connectivity index (χ2n) is 6.18. The number of nitrogens with two attached hydrogens (primary N) is 1. The fourth-order valence-electron chi connectivity index (χ4n) is 2.77. The van der Waals surface area contributed by atoms with Crippen molar-refractivity contribution >= 4 is 11.6 Å². The van der Waals surface area contributed by atoms with Crippen molar-refractivity contribution in [2.45, 2.75) is 25.4 Å². The molecule has 0 aromatic heterocycles. The van der Waals surface area contributed by atoms with E-state index in [1.54, 1.807) is 12.1 Å². The van der Waals surface area contributed by atoms with E-state index < -0.39 is 5.92 Å². The highest BCUT2D eigenvalue weighted by Crippen LogP contribution is 2.29. The number of hydrogen-bond acceptors (Lipinski definition) is 3. The Bertz CT molecular complexity index is 740. The lowest BCUT2D eigenvalue weighted by Crippen LogP contribution is -2.42. The van der Waals surface area contributed by atoms with Crippen molar-refractivity contribution in [1.29, 1.82) is 0 Å². The minimum atomic E-state index is -2.68. The molecule has 1 amide bonds. The molecule has 0 atom stereocenters. The van der Waals surface area contributed by atoms with E-state index in [9.17, 15) is 13.6 Å². The van der Waals surface area contributed by atoms with E-state index in [1.807, 2.05) is 30.3 Å². The monoisotopic (exact) mass is 346 g/mol. The molecule has 0 bridgehead atoms. The molecule has 25 heavy (non-hydrogen) atoms. The van der Waals surface area contributed by atoms with E-state index in [0.29, 0.717) is 23.6 Å². The molecular weight excluding hydrogens is 326 g/mol. The molecule has 0 aliphatic carbocycles. The van der Waals surface area contributed by atoms with Gasteiger partial charge in [-0.05, 0) is 23.8 Å². The Morgan fingerprint density at radius 3 is 2.44 bits per heavy atom. The maximum absolute atomic E-state index is 13.2. The second-order valence-corrected chi connectivity index (χ2v) is 6.18. The zero-order chi connectivity index (χ0) is 17.9. The van der Waals surface area contributed by atoms with Crippen LogP contribution in [0.1, 0.15) is 28.8 Å². The predicted octanol–water partition coefficient (Wildman–Crippen LogP) is 3.72. The number of carbonyl (C=O) groups is 1. The van der Waals surface area contributed by atoms with Crippen molar-refractivity contribution in [1.82, 2.24) is 4.90 Å². The van der Waals surface area contributed by atoms with Gasteiger partial charge in [0, 0.05) is 31.5 Å². The van der Waals surface area contributed by atoms with Gasteiger partial charge in [0.25, 0.3) is 11.8 Å². The Balaban J connectivity index is 1.64. The SMILES string of the molecule is Nc1cc(C(=O)N2CCC(F)(F)CC2)ccc1OCc1ccccc1. The van der Waals surface area contributed by atoms with Crippen LogP contribution in [0.15, 0.2) is 48.5 Å². The van der Waals surface area contributed by atoms with Crippen LogP contribution in [0.2, 0.25) is 0 Å². The highest BCUT2D eigenvalue weighted by molar-refractivity contribution is 5.95. The van der Waals surface area contributed by atoms with Crippen LogP contribution in [0.5, 0.6) is 5.75 Å². The van der Waals surface area contributed by atoms with Crippen molar-refractivity contribution in [2.75, 3.05) is 18.8 Å². The van der Waals surface area contributed by atoms with Crippen LogP contribution < -0.4 is 10.5 Å². The number of nitrogens with zero attached hydrogens (tertiary/aromatic N) is 1. The average molecular weight is 346 g/mol. The first-order valence-electron chi connectivity index (χ1n) is 8.18. The summed E-state index contributed by atoms with van der Waals surface area (Å²) in [5.41, 5.74) is 7.73. The van der Waals surface area contributed by atoms with Crippen molar-refractivity contribution in [3.63, 3.8) is 0 Å². The minimum Gasteiger partial charge on any atom is -0.487 e. The van der Waals surface area contributed by atoms with E-state index in [0.717, 1.165) is 5.56 Å². The molecule has 0 saturated carbocycles. The first kappa shape index (κ1) is 17.2. The lowest BCUT2D eigenvalue weighted by Gasteiger charge is -2.31. The Kier molecular flexibility index (Phi) is 4.88. The summed E-state index contributed by atoms with van der Waals surface area (Å²) >= 11 is 0. The summed E-state index contributed by atoms with van der Waals surface area (Å²) < 4.78 is 32.1. The van der Waals surface area contributed by atoms with Crippen LogP contribution in [0.3, 0.4) is 0 Å². The molecule has 1 aliphatic heterocycles. The van der Waals surface area contributed by atoms with Gasteiger partial charge in [-0.3, -0.25) is 4.79 Å². The number of likely N-dealkylation sites (tertiary alicyclic amines) is 1. The van der Waals surface area contributed by atoms with Gasteiger partial charge in [0.2, 0.25) is 0 Å². The molecule has 6 heteroatoms. The number of ether oxygens (including phenoxy) is 1. The lowest BCUT2D eigenvalue weighted by molar-refractivity contribution is -0.0494. The average Bonchev–Trinajstić information content (AvgIpc) is 2.61. The first-order chi connectivity index (χ1) is 11.9. The van der Waals surface area contributed by atoms with Gasteiger partial charge in [0.05, 0.1) is 5.69 Å². The molecular formula is C19H20F2N2O2. The number of benzene rings is 2. The van der Waals surface area contributed by atoms with E-state index in [2.05, 4.69) is 0 Å². The first-order valence-corrected chi connectivity index (χ1v) is 8.18. The van der Waals surface area contributed by atoms with Crippen molar-refractivity contribution in [3.8, 4) is 5.75 Å². The van der Waals surface area contributed by atoms with Gasteiger partial charge >= 0.3 is 0 Å². The van der Waals surface area contributed by atoms with Gasteiger partial charge < -0.3 is 15.4 Å². The number of anilines is 1. The normalized spacial score (nSPS) is 16.5. The quantitative estimate of drug-likeness (QED) is 0.859. The Morgan fingerprint density at radius 2 is 1.80 bits per heavy atom. The summed E-state index contributed by atoms with van der Waals surface area (Å²) in [4.78, 5) is 13.9. The lowest BCUT2D eigenvalue weighted by atomic mass is 10.1. The van der Waals surface area contributed by atoms with Gasteiger partial charge in [-0.25, -0.2) is 8.78 Å². The largest absolute Gasteiger partial charge is 0.487 e. The minimum absolute atomic E-state index is 0.0536. The third-order valence-electron chi connectivity index (χ3n) is 4.28. The van der Waals surface area contributed by atoms with E-state index in [-0.39, 0.29) is 31.8 Å². The van der Waals surface area contributed by atoms with Crippen molar-refractivity contribution in [3.05, 3.63) is 59.7 Å². The number of piperidine rings is 1. The molecule has 0 unspecified atom stereocenters. The van der Waals surface area contributed by atoms with Crippen LogP contribution in [0, 0.1) is 0 Å². The smallest absolute Gasteiger partial charge is 0.253 e. The molecule has 0 spiro atoms. The third kappa shape index (κ3) is 4.26. The summed E-state index contributed by atoms with van der Waals surface area (Å²) in [6, 6.07) is 14.5. The van der Waals surface area contributed by atoms with Gasteiger partial charge in [0.15, 0.2) is 0 Å². The molecule has 1 heterocycles. The summed E-state index contributed by atoms with van der Waals surface area (Å²) in [5.74, 6) is -2.47. The number of halogens is 2. The highest BCUT2D eigenvalue weighted by Gasteiger charge is 2.35. The van der Waals surface area contributed by atoms with Gasteiger partial charge in [-0.1, -0.05) is 30.3 Å². The van der Waals surface area contributed by atoms with Crippen LogP contribution in [0.25, 0.3) is 0 Å². The predicted molar refractivity (Wildman–Crippen MR) is 91.7 cm³/mol. The molecule has 2 N–H and O–H groups in total. The summed E-state index contributed by atoms with van der Waals surface area (Å²) in [7, 11) is 0. The number of nitrogen functional groups attached to an aromatic ring is 1. The number of amides is 1. The van der Waals surface area contributed by atoms with Crippen molar-refractivity contribution in [2.24, 2.45) is 0 Å². The standard InChI is InChI=1S/C19H20F2N2O2/c20-19(21)8-10-23(11-9-19)18(24)15-6-7-17(16(22)12-15)25-13-14-4-2-1-3-5-14/h1-7,12H,8-11,13,22H2. The number of rotatable bonds is 4. The van der Waals surface area contributed by atoms with Crippen molar-refractivity contribution < 1.29 is 18.3 Å². The fourth-order valence-corrected chi connectivity index (χ4v) is 2.77. The molecule has 1 aliphatic rings. The molecule has 0 radical (unpaired) electrons. The topological polar surface area (TPSA) is 55.6 Å². The number of hydrogen-bond donors (Lipinski definition) is 1. The zero-order valence-corrected chi connectivity index (χ0v) is 13.8. The Morgan fingerprint density at radius 1 is 1.12 bits per heavy atom. The Labute approximate surface area is 145 Å². The summed E-state index contributed by atoms with van der Waals surface area (Å²) in [6.07, 6.45) is -0.598. The van der Waals surface area contributed by atoms with E-state index in [1.165, 1.54) is 11.0 Å². The molecule has 1 saturated heterocycles. The molecule has 1 fully saturated rings. The highest BCUT2D eigenvalue weighted by atomic mass is 19.3. The van der Waals surface area contributed by atoms with Crippen LogP contribution in [0.4, 0.5) is 14.5 Å². The van der Waals surface area contributed by atoms with Gasteiger partial charge in [-0.15, -0.1) is 0 Å². The molecule has 3 rings (SSSR count). The maximum atomic E-state index is 13.2. The van der Waals surface area contributed by atoms with Gasteiger partial charge in [0.1, 0.15) is 12.4 Å². The van der Waals surface area contributed by atoms with Crippen LogP contribution >= 0.6 is 0 Å². The Hall–Kier alpha value is -2.63. The number of carbonyl (C=O) groups excluding carboxylic acids is 1. The van der Waals surface area contributed by atoms with E-state index in [4.69, 9.17) is 10.5 Å². The molecule has 132 valence electrons. The maximum Gasteiger partial charge on any atom is 0.253 e. The third-order valence-corrected chi connectivity index (χ3v) is 4.28. The second kappa shape index (κ2) is 7.09. The summed E-state index contributed by atoms with van der Waals surface area (Å²) in [6.45, 7) is 0.482. The van der Waals surface area contributed by atoms with Crippen LogP contribution in [-0.2, 0) is 6.61 Å². The zero-order valence-electron chi connectivity index (χ0n) is 13.8. The fraction of sp³-hybridized carbons (Fsp3) is 0.316. The van der Waals surface area contributed by atoms with E-state index >= 15 is 0 Å². The molecule has 4 nitrogen and oxygen atoms in total. The molecule has 2 aromatic carbocycles. The number of alkyl halides is 2. The summed E-state index contributed by atoms with van der Waals surface area (Å²) in [5, 5.41) is 0. The van der Waals surface area contributed by atoms with Crippen LogP contribution in [-0.4, -0.2) is 29.8 Å². The van der Waals surface area contributed by atoms with Gasteiger partial charge in [-0.2, -0.15) is 0 Å². The molecule has 2 aromatic rings.